The van der Waals surface area contributed by atoms with Gasteiger partial charge < -0.3 is 14.8 Å². The molecule has 0 spiro atoms. The van der Waals surface area contributed by atoms with Gasteiger partial charge in [0.15, 0.2) is 0 Å². The van der Waals surface area contributed by atoms with Crippen molar-refractivity contribution in [2.24, 2.45) is 0 Å². The zero-order chi connectivity index (χ0) is 23.1. The standard InChI is InChI=1S/C24H26N2O5S/c1-17-5-4-6-19(15-17)26-32(28,29)22-12-7-18(2)23(16-22)24(27)25-13-14-31-21-10-8-20(30-3)9-11-21/h4-12,15-16,26H,13-14H2,1-3H3,(H,25,27). The van der Waals surface area contributed by atoms with Gasteiger partial charge in [0, 0.05) is 11.3 Å². The molecule has 0 aliphatic rings. The topological polar surface area (TPSA) is 93.7 Å². The van der Waals surface area contributed by atoms with Gasteiger partial charge in [-0.25, -0.2) is 8.42 Å². The summed E-state index contributed by atoms with van der Waals surface area (Å²) in [5.41, 5.74) is 2.37. The van der Waals surface area contributed by atoms with E-state index in [0.717, 1.165) is 11.3 Å². The number of hydrogen-bond acceptors (Lipinski definition) is 5. The molecule has 32 heavy (non-hydrogen) atoms. The number of aryl methyl sites for hydroxylation is 2. The van der Waals surface area contributed by atoms with Crippen molar-refractivity contribution in [3.63, 3.8) is 0 Å². The van der Waals surface area contributed by atoms with Crippen LogP contribution in [0.2, 0.25) is 0 Å². The van der Waals surface area contributed by atoms with E-state index in [1.807, 2.05) is 13.0 Å². The minimum Gasteiger partial charge on any atom is -0.497 e. The summed E-state index contributed by atoms with van der Waals surface area (Å²) < 4.78 is 38.8. The molecule has 3 aromatic rings. The summed E-state index contributed by atoms with van der Waals surface area (Å²) in [6.45, 7) is 4.17. The first kappa shape index (κ1) is 23.1. The number of carbonyl (C=O) groups excluding carboxylic acids is 1. The van der Waals surface area contributed by atoms with Crippen LogP contribution in [0.5, 0.6) is 11.5 Å². The van der Waals surface area contributed by atoms with Crippen LogP contribution in [0.25, 0.3) is 0 Å². The van der Waals surface area contributed by atoms with Crippen molar-refractivity contribution < 1.29 is 22.7 Å². The summed E-state index contributed by atoms with van der Waals surface area (Å²) in [4.78, 5) is 12.7. The summed E-state index contributed by atoms with van der Waals surface area (Å²) in [5, 5.41) is 2.76. The molecule has 0 bridgehead atoms. The van der Waals surface area contributed by atoms with E-state index in [2.05, 4.69) is 10.0 Å². The third kappa shape index (κ3) is 6.01. The smallest absolute Gasteiger partial charge is 0.261 e. The fourth-order valence-corrected chi connectivity index (χ4v) is 4.11. The molecule has 0 aromatic heterocycles. The second-order valence-electron chi connectivity index (χ2n) is 7.23. The predicted molar refractivity (Wildman–Crippen MR) is 124 cm³/mol. The van der Waals surface area contributed by atoms with Gasteiger partial charge in [-0.1, -0.05) is 18.2 Å². The molecule has 0 saturated heterocycles. The summed E-state index contributed by atoms with van der Waals surface area (Å²) in [6, 6.07) is 18.7. The van der Waals surface area contributed by atoms with Crippen LogP contribution in [0.4, 0.5) is 5.69 Å². The Hall–Kier alpha value is -3.52. The highest BCUT2D eigenvalue weighted by atomic mass is 32.2. The van der Waals surface area contributed by atoms with Crippen LogP contribution in [0, 0.1) is 13.8 Å². The third-order valence-corrected chi connectivity index (χ3v) is 6.13. The fraction of sp³-hybridized carbons (Fsp3) is 0.208. The minimum absolute atomic E-state index is 0.0178. The van der Waals surface area contributed by atoms with Gasteiger partial charge in [-0.3, -0.25) is 9.52 Å². The number of ether oxygens (including phenoxy) is 2. The summed E-state index contributed by atoms with van der Waals surface area (Å²) in [5.74, 6) is 1.02. The Kier molecular flexibility index (Phi) is 7.37. The Morgan fingerprint density at radius 3 is 2.34 bits per heavy atom. The first-order valence-electron chi connectivity index (χ1n) is 10.0. The van der Waals surface area contributed by atoms with Crippen molar-refractivity contribution in [3.8, 4) is 11.5 Å². The average molecular weight is 455 g/mol. The summed E-state index contributed by atoms with van der Waals surface area (Å²) in [6.07, 6.45) is 0. The van der Waals surface area contributed by atoms with E-state index in [1.165, 1.54) is 12.1 Å². The predicted octanol–water partition coefficient (Wildman–Crippen LogP) is 3.92. The normalized spacial score (nSPS) is 11.0. The highest BCUT2D eigenvalue weighted by Gasteiger charge is 2.18. The molecule has 7 nitrogen and oxygen atoms in total. The Balaban J connectivity index is 1.63. The largest absolute Gasteiger partial charge is 0.497 e. The quantitative estimate of drug-likeness (QED) is 0.478. The molecule has 0 aliphatic heterocycles. The van der Waals surface area contributed by atoms with E-state index in [4.69, 9.17) is 9.47 Å². The highest BCUT2D eigenvalue weighted by Crippen LogP contribution is 2.20. The van der Waals surface area contributed by atoms with Crippen LogP contribution in [-0.4, -0.2) is 34.6 Å². The first-order valence-corrected chi connectivity index (χ1v) is 11.5. The lowest BCUT2D eigenvalue weighted by Gasteiger charge is -2.12. The molecular formula is C24H26N2O5S. The van der Waals surface area contributed by atoms with Crippen molar-refractivity contribution in [1.82, 2.24) is 5.32 Å². The molecule has 2 N–H and O–H groups in total. The molecule has 0 radical (unpaired) electrons. The maximum atomic E-state index is 12.8. The van der Waals surface area contributed by atoms with Crippen LogP contribution in [-0.2, 0) is 10.0 Å². The second-order valence-corrected chi connectivity index (χ2v) is 8.91. The zero-order valence-corrected chi connectivity index (χ0v) is 19.0. The molecule has 1 amide bonds. The Morgan fingerprint density at radius 2 is 1.66 bits per heavy atom. The van der Waals surface area contributed by atoms with Crippen LogP contribution < -0.4 is 19.5 Å². The van der Waals surface area contributed by atoms with Gasteiger partial charge in [-0.2, -0.15) is 0 Å². The monoisotopic (exact) mass is 454 g/mol. The minimum atomic E-state index is -3.83. The third-order valence-electron chi connectivity index (χ3n) is 4.75. The molecule has 3 rings (SSSR count). The maximum absolute atomic E-state index is 12.8. The van der Waals surface area contributed by atoms with Crippen molar-refractivity contribution in [2.75, 3.05) is 25.0 Å². The van der Waals surface area contributed by atoms with Gasteiger partial charge in [0.25, 0.3) is 15.9 Å². The summed E-state index contributed by atoms with van der Waals surface area (Å²) >= 11 is 0. The molecule has 0 unspecified atom stereocenters. The van der Waals surface area contributed by atoms with Gasteiger partial charge in [0.05, 0.1) is 18.6 Å². The first-order chi connectivity index (χ1) is 15.3. The lowest BCUT2D eigenvalue weighted by molar-refractivity contribution is 0.0946. The van der Waals surface area contributed by atoms with Gasteiger partial charge in [0.1, 0.15) is 18.1 Å². The van der Waals surface area contributed by atoms with Crippen LogP contribution in [0.15, 0.2) is 71.6 Å². The Bertz CT molecular complexity index is 1190. The average Bonchev–Trinajstić information content (AvgIpc) is 2.77. The molecule has 0 aliphatic carbocycles. The van der Waals surface area contributed by atoms with E-state index < -0.39 is 10.0 Å². The number of amides is 1. The maximum Gasteiger partial charge on any atom is 0.261 e. The van der Waals surface area contributed by atoms with Crippen molar-refractivity contribution in [1.29, 1.82) is 0 Å². The summed E-state index contributed by atoms with van der Waals surface area (Å²) in [7, 11) is -2.25. The van der Waals surface area contributed by atoms with E-state index in [0.29, 0.717) is 22.6 Å². The lowest BCUT2D eigenvalue weighted by atomic mass is 10.1. The van der Waals surface area contributed by atoms with E-state index in [-0.39, 0.29) is 24.0 Å². The number of methoxy groups -OCH3 is 1. The molecule has 168 valence electrons. The van der Waals surface area contributed by atoms with E-state index >= 15 is 0 Å². The SMILES string of the molecule is COc1ccc(OCCNC(=O)c2cc(S(=O)(=O)Nc3cccc(C)c3)ccc2C)cc1. The number of rotatable bonds is 9. The van der Waals surface area contributed by atoms with Crippen LogP contribution >= 0.6 is 0 Å². The number of nitrogens with one attached hydrogen (secondary N) is 2. The van der Waals surface area contributed by atoms with Gasteiger partial charge in [-0.15, -0.1) is 0 Å². The van der Waals surface area contributed by atoms with Gasteiger partial charge >= 0.3 is 0 Å². The second kappa shape index (κ2) is 10.2. The molecule has 0 heterocycles. The molecule has 8 heteroatoms. The molecule has 0 atom stereocenters. The Labute approximate surface area is 188 Å². The van der Waals surface area contributed by atoms with E-state index in [1.54, 1.807) is 62.6 Å². The lowest BCUT2D eigenvalue weighted by Crippen LogP contribution is -2.29. The van der Waals surface area contributed by atoms with Gasteiger partial charge in [0.2, 0.25) is 0 Å². The molecule has 0 saturated carbocycles. The van der Waals surface area contributed by atoms with Crippen molar-refractivity contribution >= 4 is 21.6 Å². The van der Waals surface area contributed by atoms with Crippen molar-refractivity contribution in [3.05, 3.63) is 83.4 Å². The number of anilines is 1. The van der Waals surface area contributed by atoms with Crippen molar-refractivity contribution in [2.45, 2.75) is 18.7 Å². The number of sulfonamides is 1. The fourth-order valence-electron chi connectivity index (χ4n) is 3.04. The zero-order valence-electron chi connectivity index (χ0n) is 18.2. The molecular weight excluding hydrogens is 428 g/mol. The number of hydrogen-bond donors (Lipinski definition) is 2. The van der Waals surface area contributed by atoms with Crippen LogP contribution in [0.1, 0.15) is 21.5 Å². The molecule has 0 fully saturated rings. The van der Waals surface area contributed by atoms with E-state index in [9.17, 15) is 13.2 Å². The Morgan fingerprint density at radius 1 is 0.938 bits per heavy atom. The number of carbonyl (C=O) groups is 1. The molecule has 3 aromatic carbocycles. The highest BCUT2D eigenvalue weighted by molar-refractivity contribution is 7.92. The van der Waals surface area contributed by atoms with Gasteiger partial charge in [-0.05, 0) is 73.5 Å². The number of benzene rings is 3. The van der Waals surface area contributed by atoms with Crippen LogP contribution in [0.3, 0.4) is 0 Å².